The first-order valence-electron chi connectivity index (χ1n) is 10.5. The summed E-state index contributed by atoms with van der Waals surface area (Å²) in [5.41, 5.74) is 5.69. The quantitative estimate of drug-likeness (QED) is 0.549. The summed E-state index contributed by atoms with van der Waals surface area (Å²) in [6.45, 7) is 0. The van der Waals surface area contributed by atoms with E-state index in [1.165, 1.54) is 22.4 Å². The van der Waals surface area contributed by atoms with Crippen LogP contribution in [-0.2, 0) is 13.5 Å². The van der Waals surface area contributed by atoms with E-state index in [0.717, 1.165) is 25.7 Å². The van der Waals surface area contributed by atoms with Gasteiger partial charge in [-0.1, -0.05) is 48.0 Å². The fourth-order valence-corrected chi connectivity index (χ4v) is 5.56. The van der Waals surface area contributed by atoms with Crippen molar-refractivity contribution in [1.29, 1.82) is 0 Å². The van der Waals surface area contributed by atoms with E-state index in [1.807, 2.05) is 12.1 Å². The van der Waals surface area contributed by atoms with Gasteiger partial charge in [0, 0.05) is 19.3 Å². The van der Waals surface area contributed by atoms with Crippen molar-refractivity contribution in [3.63, 3.8) is 0 Å². The lowest BCUT2D eigenvalue weighted by Gasteiger charge is -2.46. The molecule has 2 aliphatic rings. The zero-order valence-corrected chi connectivity index (χ0v) is 18.0. The van der Waals surface area contributed by atoms with Gasteiger partial charge in [0.15, 0.2) is 0 Å². The molecule has 0 aliphatic carbocycles. The van der Waals surface area contributed by atoms with Gasteiger partial charge in [-0.25, -0.2) is 0 Å². The summed E-state index contributed by atoms with van der Waals surface area (Å²) >= 11 is 6.51. The second-order valence-electron chi connectivity index (χ2n) is 8.23. The zero-order valence-electron chi connectivity index (χ0n) is 17.3. The summed E-state index contributed by atoms with van der Waals surface area (Å²) in [6, 6.07) is 16.2. The molecule has 2 bridgehead atoms. The van der Waals surface area contributed by atoms with E-state index in [-0.39, 0.29) is 18.0 Å². The van der Waals surface area contributed by atoms with Gasteiger partial charge in [-0.3, -0.25) is 4.79 Å². The van der Waals surface area contributed by atoms with E-state index in [2.05, 4.69) is 47.0 Å². The largest absolute Gasteiger partial charge is 0.495 e. The second kappa shape index (κ2) is 7.51. The smallest absolute Gasteiger partial charge is 0.256 e. The van der Waals surface area contributed by atoms with Gasteiger partial charge in [0.2, 0.25) is 0 Å². The van der Waals surface area contributed by atoms with E-state index in [9.17, 15) is 4.79 Å². The van der Waals surface area contributed by atoms with Crippen molar-refractivity contribution in [1.82, 2.24) is 9.47 Å². The summed E-state index contributed by atoms with van der Waals surface area (Å²) in [5, 5.41) is 0.395. The minimum atomic E-state index is 0.00404. The second-order valence-corrected chi connectivity index (χ2v) is 8.61. The molecule has 1 aromatic heterocycles. The number of aryl methyl sites for hydroxylation is 1. The number of halogens is 1. The Bertz CT molecular complexity index is 1110. The molecule has 1 saturated heterocycles. The maximum Gasteiger partial charge on any atom is 0.256 e. The van der Waals surface area contributed by atoms with Crippen molar-refractivity contribution in [2.45, 2.75) is 37.8 Å². The number of ether oxygens (including phenoxy) is 1. The Balaban J connectivity index is 1.58. The molecular weight excluding hydrogens is 396 g/mol. The van der Waals surface area contributed by atoms with E-state index < -0.39 is 0 Å². The standard InChI is InChI=1S/C25H25ClN2O2/c1-27-15-20-19(24(27)16-8-4-3-5-9-16)14-17-10-6-12-21(20)28(17)25(29)18-11-7-13-22(30-2)23(18)26/h3-5,7-9,11,13,15,17,21H,6,10,12,14H2,1-2H3/t17-,21+/m1/s1. The van der Waals surface area contributed by atoms with Crippen LogP contribution in [0.4, 0.5) is 0 Å². The Morgan fingerprint density at radius 3 is 2.67 bits per heavy atom. The van der Waals surface area contributed by atoms with E-state index in [4.69, 9.17) is 16.3 Å². The lowest BCUT2D eigenvalue weighted by Crippen LogP contribution is -2.49. The normalized spacial score (nSPS) is 20.0. The predicted molar refractivity (Wildman–Crippen MR) is 119 cm³/mol. The molecular formula is C25H25ClN2O2. The average Bonchev–Trinajstić information content (AvgIpc) is 3.09. The highest BCUT2D eigenvalue weighted by atomic mass is 35.5. The predicted octanol–water partition coefficient (Wildman–Crippen LogP) is 5.65. The van der Waals surface area contributed by atoms with Gasteiger partial charge in [0.25, 0.3) is 5.91 Å². The molecule has 0 unspecified atom stereocenters. The van der Waals surface area contributed by atoms with Crippen molar-refractivity contribution in [3.8, 4) is 17.0 Å². The highest BCUT2D eigenvalue weighted by Gasteiger charge is 2.42. The molecule has 0 radical (unpaired) electrons. The van der Waals surface area contributed by atoms with Crippen LogP contribution in [0.1, 0.15) is 46.8 Å². The molecule has 3 aromatic rings. The summed E-state index contributed by atoms with van der Waals surface area (Å²) < 4.78 is 7.56. The Hall–Kier alpha value is -2.72. The zero-order chi connectivity index (χ0) is 20.8. The van der Waals surface area contributed by atoms with Gasteiger partial charge >= 0.3 is 0 Å². The molecule has 1 amide bonds. The lowest BCUT2D eigenvalue weighted by atomic mass is 9.80. The third-order valence-electron chi connectivity index (χ3n) is 6.56. The Labute approximate surface area is 182 Å². The molecule has 154 valence electrons. The van der Waals surface area contributed by atoms with Gasteiger partial charge in [-0.2, -0.15) is 0 Å². The molecule has 5 heteroatoms. The molecule has 1 fully saturated rings. The van der Waals surface area contributed by atoms with E-state index in [1.54, 1.807) is 19.2 Å². The fraction of sp³-hybridized carbons (Fsp3) is 0.320. The number of carbonyl (C=O) groups is 1. The molecule has 3 heterocycles. The van der Waals surface area contributed by atoms with Crippen molar-refractivity contribution in [2.75, 3.05) is 7.11 Å². The minimum Gasteiger partial charge on any atom is -0.495 e. The van der Waals surface area contributed by atoms with Crippen molar-refractivity contribution in [3.05, 3.63) is 76.4 Å². The molecule has 30 heavy (non-hydrogen) atoms. The number of methoxy groups -OCH3 is 1. The summed E-state index contributed by atoms with van der Waals surface area (Å²) in [6.07, 6.45) is 6.24. The van der Waals surface area contributed by atoms with Crippen LogP contribution >= 0.6 is 11.6 Å². The van der Waals surface area contributed by atoms with E-state index >= 15 is 0 Å². The maximum atomic E-state index is 13.7. The third-order valence-corrected chi connectivity index (χ3v) is 6.95. The Kier molecular flexibility index (Phi) is 4.82. The number of fused-ring (bicyclic) bond motifs is 4. The molecule has 2 aromatic carbocycles. The van der Waals surface area contributed by atoms with Gasteiger partial charge in [-0.05, 0) is 54.5 Å². The Morgan fingerprint density at radius 1 is 1.10 bits per heavy atom. The lowest BCUT2D eigenvalue weighted by molar-refractivity contribution is 0.0403. The van der Waals surface area contributed by atoms with Crippen molar-refractivity contribution < 1.29 is 9.53 Å². The van der Waals surface area contributed by atoms with Crippen LogP contribution in [0.15, 0.2) is 54.7 Å². The first kappa shape index (κ1) is 19.3. The average molecular weight is 421 g/mol. The number of nitrogens with zero attached hydrogens (tertiary/aromatic N) is 2. The van der Waals surface area contributed by atoms with Gasteiger partial charge in [0.05, 0.1) is 29.4 Å². The molecule has 5 rings (SSSR count). The molecule has 4 nitrogen and oxygen atoms in total. The van der Waals surface area contributed by atoms with Crippen molar-refractivity contribution >= 4 is 17.5 Å². The molecule has 2 aliphatic heterocycles. The molecule has 0 N–H and O–H groups in total. The molecule has 2 atom stereocenters. The van der Waals surface area contributed by atoms with Gasteiger partial charge in [-0.15, -0.1) is 0 Å². The minimum absolute atomic E-state index is 0.00404. The first-order valence-corrected chi connectivity index (χ1v) is 10.9. The maximum absolute atomic E-state index is 13.7. The van der Waals surface area contributed by atoms with Crippen molar-refractivity contribution in [2.24, 2.45) is 7.05 Å². The number of aromatic nitrogens is 1. The summed E-state index contributed by atoms with van der Waals surface area (Å²) in [5.74, 6) is 0.542. The van der Waals surface area contributed by atoms with Crippen LogP contribution in [0.3, 0.4) is 0 Å². The number of hydrogen-bond donors (Lipinski definition) is 0. The first-order chi connectivity index (χ1) is 14.6. The monoisotopic (exact) mass is 420 g/mol. The highest BCUT2D eigenvalue weighted by Crippen LogP contribution is 2.46. The summed E-state index contributed by atoms with van der Waals surface area (Å²) in [7, 11) is 3.68. The van der Waals surface area contributed by atoms with Crippen LogP contribution in [0.2, 0.25) is 5.02 Å². The van der Waals surface area contributed by atoms with Crippen LogP contribution < -0.4 is 4.74 Å². The number of hydrogen-bond acceptors (Lipinski definition) is 2. The Morgan fingerprint density at radius 2 is 1.90 bits per heavy atom. The van der Waals surface area contributed by atoms with Crippen LogP contribution in [0.25, 0.3) is 11.3 Å². The molecule has 0 saturated carbocycles. The number of carbonyl (C=O) groups excluding carboxylic acids is 1. The fourth-order valence-electron chi connectivity index (χ4n) is 5.28. The van der Waals surface area contributed by atoms with Crippen LogP contribution in [0, 0.1) is 0 Å². The van der Waals surface area contributed by atoms with Gasteiger partial charge in [0.1, 0.15) is 5.75 Å². The molecule has 0 spiro atoms. The van der Waals surface area contributed by atoms with Crippen LogP contribution in [-0.4, -0.2) is 28.5 Å². The third kappa shape index (κ3) is 2.93. The van der Waals surface area contributed by atoms with Gasteiger partial charge < -0.3 is 14.2 Å². The number of benzene rings is 2. The SMILES string of the molecule is COc1cccc(C(=O)N2[C@@H]3CCC[C@H]2c2cn(C)c(-c4ccccc4)c2C3)c1Cl. The number of amides is 1. The number of piperidine rings is 1. The number of rotatable bonds is 3. The highest BCUT2D eigenvalue weighted by molar-refractivity contribution is 6.35. The van der Waals surface area contributed by atoms with E-state index in [0.29, 0.717) is 16.3 Å². The van der Waals surface area contributed by atoms with Crippen LogP contribution in [0.5, 0.6) is 5.75 Å². The topological polar surface area (TPSA) is 34.5 Å². The summed E-state index contributed by atoms with van der Waals surface area (Å²) in [4.78, 5) is 15.7.